The molecular formula is C22H23ClN2O. The van der Waals surface area contributed by atoms with Gasteiger partial charge in [-0.3, -0.25) is 4.79 Å². The molecule has 0 unspecified atom stereocenters. The minimum absolute atomic E-state index is 0.0557. The van der Waals surface area contributed by atoms with E-state index < -0.39 is 0 Å². The number of carbonyl (C=O) groups is 1. The Bertz CT molecular complexity index is 915. The number of rotatable bonds is 5. The van der Waals surface area contributed by atoms with Crippen LogP contribution in [0.15, 0.2) is 60.7 Å². The van der Waals surface area contributed by atoms with Crippen molar-refractivity contribution in [1.82, 2.24) is 9.88 Å². The van der Waals surface area contributed by atoms with Gasteiger partial charge in [0.2, 0.25) is 0 Å². The average molecular weight is 367 g/mol. The van der Waals surface area contributed by atoms with Crippen molar-refractivity contribution in [2.75, 3.05) is 0 Å². The van der Waals surface area contributed by atoms with Crippen LogP contribution in [0.4, 0.5) is 0 Å². The molecule has 3 rings (SSSR count). The first-order valence-electron chi connectivity index (χ1n) is 8.86. The van der Waals surface area contributed by atoms with Crippen LogP contribution < -0.4 is 5.32 Å². The zero-order valence-corrected chi connectivity index (χ0v) is 16.0. The molecule has 1 atom stereocenters. The molecule has 1 amide bonds. The Balaban J connectivity index is 2.18. The average Bonchev–Trinajstić information content (AvgIpc) is 3.00. The maximum atomic E-state index is 12.8. The first-order valence-corrected chi connectivity index (χ1v) is 9.24. The summed E-state index contributed by atoms with van der Waals surface area (Å²) in [4.78, 5) is 12.8. The molecule has 3 nitrogen and oxygen atoms in total. The third kappa shape index (κ3) is 3.54. The Morgan fingerprint density at radius 1 is 1.12 bits per heavy atom. The molecule has 3 aromatic rings. The molecule has 0 bridgehead atoms. The largest absolute Gasteiger partial charge is 0.350 e. The number of carbonyl (C=O) groups excluding carboxylic acids is 1. The lowest BCUT2D eigenvalue weighted by atomic mass is 10.1. The molecule has 0 aliphatic heterocycles. The Morgan fingerprint density at radius 2 is 1.77 bits per heavy atom. The summed E-state index contributed by atoms with van der Waals surface area (Å²) in [6.45, 7) is 6.03. The lowest BCUT2D eigenvalue weighted by Crippen LogP contribution is -2.32. The van der Waals surface area contributed by atoms with Crippen LogP contribution >= 0.6 is 11.6 Å². The van der Waals surface area contributed by atoms with Gasteiger partial charge in [-0.05, 0) is 44.0 Å². The normalized spacial score (nSPS) is 12.0. The highest BCUT2D eigenvalue weighted by Gasteiger charge is 2.21. The second kappa shape index (κ2) is 7.79. The maximum absolute atomic E-state index is 12.8. The highest BCUT2D eigenvalue weighted by molar-refractivity contribution is 6.32. The number of aromatic nitrogens is 1. The van der Waals surface area contributed by atoms with Gasteiger partial charge in [0.15, 0.2) is 0 Å². The van der Waals surface area contributed by atoms with Crippen LogP contribution in [0.2, 0.25) is 5.02 Å². The van der Waals surface area contributed by atoms with Crippen molar-refractivity contribution in [2.24, 2.45) is 0 Å². The molecule has 0 saturated heterocycles. The van der Waals surface area contributed by atoms with Crippen molar-refractivity contribution < 1.29 is 4.79 Å². The molecule has 1 heterocycles. The van der Waals surface area contributed by atoms with Crippen molar-refractivity contribution in [3.05, 3.63) is 76.9 Å². The molecule has 0 aliphatic carbocycles. The number of benzene rings is 2. The molecular weight excluding hydrogens is 344 g/mol. The van der Waals surface area contributed by atoms with Gasteiger partial charge in [0.25, 0.3) is 5.91 Å². The van der Waals surface area contributed by atoms with E-state index >= 15 is 0 Å². The molecule has 0 fully saturated rings. The molecule has 1 aromatic heterocycles. The van der Waals surface area contributed by atoms with E-state index in [4.69, 9.17) is 11.6 Å². The fourth-order valence-electron chi connectivity index (χ4n) is 3.01. The summed E-state index contributed by atoms with van der Waals surface area (Å²) in [5.74, 6) is -0.0557. The van der Waals surface area contributed by atoms with E-state index in [9.17, 15) is 4.79 Å². The number of nitrogens with zero attached hydrogens (tertiary/aromatic N) is 1. The predicted octanol–water partition coefficient (Wildman–Crippen LogP) is 5.63. The number of hydrogen-bond donors (Lipinski definition) is 1. The van der Waals surface area contributed by atoms with Crippen LogP contribution in [0.3, 0.4) is 0 Å². The number of para-hydroxylation sites is 1. The van der Waals surface area contributed by atoms with E-state index in [0.717, 1.165) is 29.1 Å². The van der Waals surface area contributed by atoms with Gasteiger partial charge in [0, 0.05) is 11.7 Å². The van der Waals surface area contributed by atoms with Gasteiger partial charge in [-0.25, -0.2) is 0 Å². The standard InChI is InChI=1S/C22H23ClN2O/c1-4-15(2)24-22(26)18-14-21(17-10-6-5-7-11-17)25(16(18)3)20-13-9-8-12-19(20)23/h5-15H,4H2,1-3H3,(H,24,26)/t15-/m1/s1. The van der Waals surface area contributed by atoms with Crippen molar-refractivity contribution in [3.63, 3.8) is 0 Å². The minimum Gasteiger partial charge on any atom is -0.350 e. The number of halogens is 1. The molecule has 0 spiro atoms. The van der Waals surface area contributed by atoms with Gasteiger partial charge in [-0.15, -0.1) is 0 Å². The van der Waals surface area contributed by atoms with E-state index in [1.165, 1.54) is 0 Å². The molecule has 2 aromatic carbocycles. The van der Waals surface area contributed by atoms with E-state index in [-0.39, 0.29) is 11.9 Å². The zero-order chi connectivity index (χ0) is 18.7. The molecule has 4 heteroatoms. The van der Waals surface area contributed by atoms with Gasteiger partial charge in [0.1, 0.15) is 0 Å². The lowest BCUT2D eigenvalue weighted by molar-refractivity contribution is 0.0938. The van der Waals surface area contributed by atoms with Crippen LogP contribution in [0.25, 0.3) is 16.9 Å². The highest BCUT2D eigenvalue weighted by atomic mass is 35.5. The van der Waals surface area contributed by atoms with Gasteiger partial charge in [0.05, 0.1) is 22.0 Å². The maximum Gasteiger partial charge on any atom is 0.253 e. The second-order valence-corrected chi connectivity index (χ2v) is 6.87. The highest BCUT2D eigenvalue weighted by Crippen LogP contribution is 2.32. The van der Waals surface area contributed by atoms with E-state index in [0.29, 0.717) is 10.6 Å². The number of nitrogens with one attached hydrogen (secondary N) is 1. The zero-order valence-electron chi connectivity index (χ0n) is 15.3. The van der Waals surface area contributed by atoms with Crippen LogP contribution in [0.1, 0.15) is 36.3 Å². The molecule has 0 saturated carbocycles. The first-order chi connectivity index (χ1) is 12.5. The van der Waals surface area contributed by atoms with Gasteiger partial charge < -0.3 is 9.88 Å². The molecule has 0 aliphatic rings. The first kappa shape index (κ1) is 18.3. The Kier molecular flexibility index (Phi) is 5.48. The summed E-state index contributed by atoms with van der Waals surface area (Å²) in [6.07, 6.45) is 0.890. The van der Waals surface area contributed by atoms with Crippen molar-refractivity contribution in [2.45, 2.75) is 33.2 Å². The summed E-state index contributed by atoms with van der Waals surface area (Å²) >= 11 is 6.46. The summed E-state index contributed by atoms with van der Waals surface area (Å²) in [6, 6.07) is 19.8. The van der Waals surface area contributed by atoms with Crippen LogP contribution in [-0.2, 0) is 0 Å². The SMILES string of the molecule is CC[C@@H](C)NC(=O)c1cc(-c2ccccc2)n(-c2ccccc2Cl)c1C. The summed E-state index contributed by atoms with van der Waals surface area (Å²) in [7, 11) is 0. The fourth-order valence-corrected chi connectivity index (χ4v) is 3.23. The number of amides is 1. The molecule has 134 valence electrons. The molecule has 0 radical (unpaired) electrons. The van der Waals surface area contributed by atoms with E-state index in [1.54, 1.807) is 0 Å². The smallest absolute Gasteiger partial charge is 0.253 e. The summed E-state index contributed by atoms with van der Waals surface area (Å²) < 4.78 is 2.06. The van der Waals surface area contributed by atoms with Crippen molar-refractivity contribution in [3.8, 4) is 16.9 Å². The van der Waals surface area contributed by atoms with Crippen molar-refractivity contribution in [1.29, 1.82) is 0 Å². The topological polar surface area (TPSA) is 34.0 Å². The predicted molar refractivity (Wildman–Crippen MR) is 108 cm³/mol. The summed E-state index contributed by atoms with van der Waals surface area (Å²) in [5.41, 5.74) is 4.40. The monoisotopic (exact) mass is 366 g/mol. The third-order valence-corrected chi connectivity index (χ3v) is 4.96. The Labute approximate surface area is 159 Å². The minimum atomic E-state index is -0.0557. The van der Waals surface area contributed by atoms with Crippen LogP contribution in [0.5, 0.6) is 0 Å². The van der Waals surface area contributed by atoms with E-state index in [1.807, 2.05) is 74.5 Å². The van der Waals surface area contributed by atoms with Gasteiger partial charge in [-0.1, -0.05) is 61.0 Å². The quantitative estimate of drug-likeness (QED) is 0.623. The summed E-state index contributed by atoms with van der Waals surface area (Å²) in [5, 5.41) is 3.71. The van der Waals surface area contributed by atoms with Gasteiger partial charge >= 0.3 is 0 Å². The van der Waals surface area contributed by atoms with Crippen LogP contribution in [0, 0.1) is 6.92 Å². The van der Waals surface area contributed by atoms with Gasteiger partial charge in [-0.2, -0.15) is 0 Å². The fraction of sp³-hybridized carbons (Fsp3) is 0.227. The Morgan fingerprint density at radius 3 is 2.42 bits per heavy atom. The van der Waals surface area contributed by atoms with Crippen molar-refractivity contribution >= 4 is 17.5 Å². The lowest BCUT2D eigenvalue weighted by Gasteiger charge is -2.14. The third-order valence-electron chi connectivity index (χ3n) is 4.64. The molecule has 26 heavy (non-hydrogen) atoms. The Hall–Kier alpha value is -2.52. The second-order valence-electron chi connectivity index (χ2n) is 6.46. The van der Waals surface area contributed by atoms with E-state index in [2.05, 4.69) is 16.8 Å². The number of hydrogen-bond acceptors (Lipinski definition) is 1. The van der Waals surface area contributed by atoms with Crippen LogP contribution in [-0.4, -0.2) is 16.5 Å². The molecule has 1 N–H and O–H groups in total.